The highest BCUT2D eigenvalue weighted by atomic mass is 19.2. The van der Waals surface area contributed by atoms with Crippen molar-refractivity contribution >= 4 is 5.91 Å². The van der Waals surface area contributed by atoms with Gasteiger partial charge < -0.3 is 4.90 Å². The Morgan fingerprint density at radius 2 is 1.64 bits per heavy atom. The van der Waals surface area contributed by atoms with E-state index < -0.39 is 23.5 Å². The summed E-state index contributed by atoms with van der Waals surface area (Å²) in [6.07, 6.45) is 0. The van der Waals surface area contributed by atoms with Crippen molar-refractivity contribution in [1.29, 1.82) is 0 Å². The van der Waals surface area contributed by atoms with Crippen molar-refractivity contribution in [3.8, 4) is 0 Å². The van der Waals surface area contributed by atoms with Gasteiger partial charge in [0, 0.05) is 38.3 Å². The fraction of sp³-hybridized carbons (Fsp3) is 0.381. The lowest BCUT2D eigenvalue weighted by atomic mass is 10.0. The van der Waals surface area contributed by atoms with Gasteiger partial charge in [-0.05, 0) is 37.9 Å². The van der Waals surface area contributed by atoms with Crippen molar-refractivity contribution in [1.82, 2.24) is 14.7 Å². The van der Waals surface area contributed by atoms with Crippen LogP contribution in [0.4, 0.5) is 13.2 Å². The lowest BCUT2D eigenvalue weighted by molar-refractivity contribution is -0.138. The highest BCUT2D eigenvalue weighted by Crippen LogP contribution is 2.24. The molecule has 0 N–H and O–H groups in total. The van der Waals surface area contributed by atoms with E-state index in [0.29, 0.717) is 43.9 Å². The van der Waals surface area contributed by atoms with Gasteiger partial charge in [0.2, 0.25) is 5.91 Å². The van der Waals surface area contributed by atoms with Crippen LogP contribution >= 0.6 is 0 Å². The molecule has 1 aliphatic rings. The van der Waals surface area contributed by atoms with Crippen molar-refractivity contribution in [3.05, 3.63) is 71.0 Å². The molecule has 1 heterocycles. The third-order valence-corrected chi connectivity index (χ3v) is 5.02. The number of nitrogens with zero attached hydrogens (tertiary/aromatic N) is 3. The monoisotopic (exact) mass is 391 g/mol. The summed E-state index contributed by atoms with van der Waals surface area (Å²) in [7, 11) is 3.52. The summed E-state index contributed by atoms with van der Waals surface area (Å²) in [6.45, 7) is 2.72. The van der Waals surface area contributed by atoms with Crippen molar-refractivity contribution in [3.63, 3.8) is 0 Å². The van der Waals surface area contributed by atoms with E-state index in [-0.39, 0.29) is 5.91 Å². The maximum absolute atomic E-state index is 14.2. The number of piperazine rings is 1. The van der Waals surface area contributed by atoms with Crippen LogP contribution in [0.3, 0.4) is 0 Å². The molecule has 1 fully saturated rings. The minimum atomic E-state index is -0.859. The standard InChI is InChI=1S/C21H24F3N3O/c1-25(2)20(16-5-3-4-6-17(16)22)21(28)27-11-9-26(10-12-27)14-15-7-8-18(23)19(24)13-15/h3-8,13,20H,9-12,14H2,1-2H3. The molecule has 1 atom stereocenters. The molecule has 28 heavy (non-hydrogen) atoms. The van der Waals surface area contributed by atoms with Gasteiger partial charge in [-0.15, -0.1) is 0 Å². The van der Waals surface area contributed by atoms with Gasteiger partial charge in [-0.1, -0.05) is 24.3 Å². The predicted molar refractivity (Wildman–Crippen MR) is 101 cm³/mol. The lowest BCUT2D eigenvalue weighted by Crippen LogP contribution is -2.51. The summed E-state index contributed by atoms with van der Waals surface area (Å²) in [5.74, 6) is -2.25. The smallest absolute Gasteiger partial charge is 0.244 e. The number of carbonyl (C=O) groups is 1. The van der Waals surface area contributed by atoms with E-state index in [1.165, 1.54) is 12.1 Å². The molecular weight excluding hydrogens is 367 g/mol. The molecule has 3 rings (SSSR count). The molecule has 0 spiro atoms. The van der Waals surface area contributed by atoms with Gasteiger partial charge in [0.1, 0.15) is 11.9 Å². The fourth-order valence-corrected chi connectivity index (χ4v) is 3.52. The SMILES string of the molecule is CN(C)C(C(=O)N1CCN(Cc2ccc(F)c(F)c2)CC1)c1ccccc1F. The Morgan fingerprint density at radius 3 is 2.25 bits per heavy atom. The number of rotatable bonds is 5. The number of hydrogen-bond donors (Lipinski definition) is 0. The molecule has 1 amide bonds. The summed E-state index contributed by atoms with van der Waals surface area (Å²) in [5.41, 5.74) is 1.05. The minimum absolute atomic E-state index is 0.137. The second kappa shape index (κ2) is 8.75. The van der Waals surface area contributed by atoms with E-state index in [0.717, 1.165) is 6.07 Å². The fourth-order valence-electron chi connectivity index (χ4n) is 3.52. The van der Waals surface area contributed by atoms with Crippen LogP contribution in [0.1, 0.15) is 17.2 Å². The third-order valence-electron chi connectivity index (χ3n) is 5.02. The lowest BCUT2D eigenvalue weighted by Gasteiger charge is -2.37. The Balaban J connectivity index is 1.63. The van der Waals surface area contributed by atoms with Crippen LogP contribution in [0.2, 0.25) is 0 Å². The van der Waals surface area contributed by atoms with Gasteiger partial charge >= 0.3 is 0 Å². The summed E-state index contributed by atoms with van der Waals surface area (Å²) < 4.78 is 40.7. The molecular formula is C21H24F3N3O. The van der Waals surface area contributed by atoms with Crippen molar-refractivity contribution < 1.29 is 18.0 Å². The van der Waals surface area contributed by atoms with E-state index in [1.54, 1.807) is 48.2 Å². The molecule has 0 saturated carbocycles. The minimum Gasteiger partial charge on any atom is -0.338 e. The first kappa shape index (κ1) is 20.4. The third kappa shape index (κ3) is 4.54. The van der Waals surface area contributed by atoms with Crippen molar-refractivity contribution in [2.45, 2.75) is 12.6 Å². The molecule has 4 nitrogen and oxygen atoms in total. The molecule has 1 aliphatic heterocycles. The van der Waals surface area contributed by atoms with E-state index in [9.17, 15) is 18.0 Å². The van der Waals surface area contributed by atoms with Crippen LogP contribution in [0.25, 0.3) is 0 Å². The van der Waals surface area contributed by atoms with Gasteiger partial charge in [-0.25, -0.2) is 13.2 Å². The Hall–Kier alpha value is -2.38. The first-order valence-electron chi connectivity index (χ1n) is 9.22. The number of benzene rings is 2. The zero-order chi connectivity index (χ0) is 20.3. The number of hydrogen-bond acceptors (Lipinski definition) is 3. The van der Waals surface area contributed by atoms with E-state index in [2.05, 4.69) is 4.90 Å². The van der Waals surface area contributed by atoms with Crippen molar-refractivity contribution in [2.24, 2.45) is 0 Å². The molecule has 0 aliphatic carbocycles. The molecule has 2 aromatic carbocycles. The second-order valence-corrected chi connectivity index (χ2v) is 7.24. The van der Waals surface area contributed by atoms with Gasteiger partial charge in [-0.2, -0.15) is 0 Å². The molecule has 150 valence electrons. The summed E-state index contributed by atoms with van der Waals surface area (Å²) >= 11 is 0. The molecule has 1 saturated heterocycles. The van der Waals surface area contributed by atoms with Crippen LogP contribution in [-0.4, -0.2) is 60.9 Å². The molecule has 0 aromatic heterocycles. The highest BCUT2D eigenvalue weighted by Gasteiger charge is 2.31. The summed E-state index contributed by atoms with van der Waals surface area (Å²) in [6, 6.07) is 9.54. The van der Waals surface area contributed by atoms with Crippen LogP contribution in [0.15, 0.2) is 42.5 Å². The van der Waals surface area contributed by atoms with Crippen LogP contribution in [0, 0.1) is 17.5 Å². The molecule has 2 aromatic rings. The molecule has 1 unspecified atom stereocenters. The summed E-state index contributed by atoms with van der Waals surface area (Å²) in [5, 5.41) is 0. The first-order chi connectivity index (χ1) is 13.4. The number of carbonyl (C=O) groups excluding carboxylic acids is 1. The highest BCUT2D eigenvalue weighted by molar-refractivity contribution is 5.83. The predicted octanol–water partition coefficient (Wildman–Crippen LogP) is 3.05. The average Bonchev–Trinajstić information content (AvgIpc) is 2.67. The zero-order valence-electron chi connectivity index (χ0n) is 16.0. The van der Waals surface area contributed by atoms with E-state index >= 15 is 0 Å². The maximum Gasteiger partial charge on any atom is 0.244 e. The second-order valence-electron chi connectivity index (χ2n) is 7.24. The number of halogens is 3. The van der Waals surface area contributed by atoms with Crippen LogP contribution < -0.4 is 0 Å². The van der Waals surface area contributed by atoms with Gasteiger partial charge in [0.15, 0.2) is 11.6 Å². The normalized spacial score (nSPS) is 16.4. The van der Waals surface area contributed by atoms with E-state index in [4.69, 9.17) is 0 Å². The number of likely N-dealkylation sites (N-methyl/N-ethyl adjacent to an activating group) is 1. The zero-order valence-corrected chi connectivity index (χ0v) is 16.0. The topological polar surface area (TPSA) is 26.8 Å². The Bertz CT molecular complexity index is 835. The van der Waals surface area contributed by atoms with Gasteiger partial charge in [0.25, 0.3) is 0 Å². The van der Waals surface area contributed by atoms with Gasteiger partial charge in [-0.3, -0.25) is 14.6 Å². The van der Waals surface area contributed by atoms with Crippen LogP contribution in [-0.2, 0) is 11.3 Å². The van der Waals surface area contributed by atoms with Crippen LogP contribution in [0.5, 0.6) is 0 Å². The van der Waals surface area contributed by atoms with Gasteiger partial charge in [0.05, 0.1) is 0 Å². The number of amides is 1. The van der Waals surface area contributed by atoms with E-state index in [1.807, 2.05) is 0 Å². The van der Waals surface area contributed by atoms with Crippen molar-refractivity contribution in [2.75, 3.05) is 40.3 Å². The molecule has 7 heteroatoms. The first-order valence-corrected chi connectivity index (χ1v) is 9.22. The maximum atomic E-state index is 14.2. The molecule has 0 radical (unpaired) electrons. The quantitative estimate of drug-likeness (QED) is 0.784. The Kier molecular flexibility index (Phi) is 6.36. The Labute approximate surface area is 163 Å². The molecule has 0 bridgehead atoms. The Morgan fingerprint density at radius 1 is 0.964 bits per heavy atom. The summed E-state index contributed by atoms with van der Waals surface area (Å²) in [4.78, 5) is 18.6. The average molecular weight is 391 g/mol. The largest absolute Gasteiger partial charge is 0.338 e.